The highest BCUT2D eigenvalue weighted by molar-refractivity contribution is 7.89. The number of nitrogens with one attached hydrogen (secondary N) is 1. The Hall–Kier alpha value is -1.96. The number of hydrogen-bond donors (Lipinski definition) is 2. The first-order valence-electron chi connectivity index (χ1n) is 10.6. The van der Waals surface area contributed by atoms with Crippen LogP contribution in [0.4, 0.5) is 23.2 Å². The number of sulfonamides is 1. The van der Waals surface area contributed by atoms with Crippen molar-refractivity contribution < 1.29 is 40.7 Å². The van der Waals surface area contributed by atoms with Crippen molar-refractivity contribution in [3.8, 4) is 0 Å². The molecule has 2 saturated heterocycles. The highest BCUT2D eigenvalue weighted by Crippen LogP contribution is 2.27. The van der Waals surface area contributed by atoms with Crippen molar-refractivity contribution in [2.75, 3.05) is 44.3 Å². The van der Waals surface area contributed by atoms with Gasteiger partial charge in [0.05, 0.1) is 24.4 Å². The lowest BCUT2D eigenvalue weighted by Gasteiger charge is -2.38. The van der Waals surface area contributed by atoms with Crippen LogP contribution in [-0.4, -0.2) is 74.7 Å². The van der Waals surface area contributed by atoms with Crippen molar-refractivity contribution in [3.05, 3.63) is 29.6 Å². The average Bonchev–Trinajstić information content (AvgIpc) is 2.79. The van der Waals surface area contributed by atoms with Crippen molar-refractivity contribution in [1.29, 1.82) is 0 Å². The van der Waals surface area contributed by atoms with Crippen LogP contribution < -0.4 is 10.4 Å². The second-order valence-corrected chi connectivity index (χ2v) is 10.5. The summed E-state index contributed by atoms with van der Waals surface area (Å²) in [7, 11) is -3.75. The molecule has 0 aliphatic carbocycles. The summed E-state index contributed by atoms with van der Waals surface area (Å²) in [6, 6.07) is 4.36. The minimum Gasteiger partial charge on any atom is -0.379 e. The first kappa shape index (κ1) is 25.7. The van der Waals surface area contributed by atoms with Gasteiger partial charge in [-0.05, 0) is 37.0 Å². The molecular formula is C20H27F4N3O5S. The molecule has 13 heteroatoms. The molecule has 33 heavy (non-hydrogen) atoms. The van der Waals surface area contributed by atoms with Crippen LogP contribution in [0.2, 0.25) is 0 Å². The first-order chi connectivity index (χ1) is 15.5. The van der Waals surface area contributed by atoms with Gasteiger partial charge in [0.25, 0.3) is 0 Å². The highest BCUT2D eigenvalue weighted by atomic mass is 32.2. The highest BCUT2D eigenvalue weighted by Gasteiger charge is 2.40. The van der Waals surface area contributed by atoms with Crippen molar-refractivity contribution in [1.82, 2.24) is 9.79 Å². The van der Waals surface area contributed by atoms with Gasteiger partial charge < -0.3 is 9.64 Å². The molecule has 8 nitrogen and oxygen atoms in total. The molecule has 3 rings (SSSR count). The number of carbonyl (C=O) groups excluding carboxylic acids is 1. The maximum atomic E-state index is 14.4. The van der Waals surface area contributed by atoms with Crippen LogP contribution in [0.15, 0.2) is 18.2 Å². The van der Waals surface area contributed by atoms with Gasteiger partial charge in [-0.2, -0.15) is 17.5 Å². The number of nitrogens with zero attached hydrogens (tertiary/aromatic N) is 2. The smallest absolute Gasteiger partial charge is 0.379 e. The Morgan fingerprint density at radius 2 is 1.88 bits per heavy atom. The summed E-state index contributed by atoms with van der Waals surface area (Å²) >= 11 is 0. The second kappa shape index (κ2) is 10.5. The molecule has 2 aliphatic heterocycles. The van der Waals surface area contributed by atoms with Crippen molar-refractivity contribution in [3.63, 3.8) is 0 Å². The number of benzene rings is 1. The number of hydrogen-bond acceptors (Lipinski definition) is 6. The predicted molar refractivity (Wildman–Crippen MR) is 111 cm³/mol. The number of rotatable bonds is 7. The van der Waals surface area contributed by atoms with E-state index in [9.17, 15) is 30.8 Å². The number of anilines is 1. The van der Waals surface area contributed by atoms with Gasteiger partial charge in [-0.3, -0.25) is 10.0 Å². The fourth-order valence-corrected chi connectivity index (χ4v) is 5.94. The van der Waals surface area contributed by atoms with Gasteiger partial charge >= 0.3 is 6.18 Å². The van der Waals surface area contributed by atoms with Gasteiger partial charge in [0, 0.05) is 38.3 Å². The molecule has 0 radical (unpaired) electrons. The summed E-state index contributed by atoms with van der Waals surface area (Å²) < 4.78 is 83.8. The van der Waals surface area contributed by atoms with Crippen LogP contribution in [0, 0.1) is 11.7 Å². The molecule has 186 valence electrons. The fraction of sp³-hybridized carbons (Fsp3) is 0.650. The van der Waals surface area contributed by atoms with Gasteiger partial charge in [0.1, 0.15) is 5.82 Å². The van der Waals surface area contributed by atoms with Crippen molar-refractivity contribution in [2.45, 2.75) is 37.1 Å². The summed E-state index contributed by atoms with van der Waals surface area (Å²) in [5, 5.41) is 7.87. The van der Waals surface area contributed by atoms with E-state index < -0.39 is 45.5 Å². The van der Waals surface area contributed by atoms with Crippen LogP contribution in [-0.2, 0) is 26.0 Å². The van der Waals surface area contributed by atoms with Crippen LogP contribution in [0.25, 0.3) is 0 Å². The molecule has 1 amide bonds. The van der Waals surface area contributed by atoms with E-state index in [0.29, 0.717) is 18.8 Å². The lowest BCUT2D eigenvalue weighted by Crippen LogP contribution is -2.53. The number of ether oxygens (including phenoxy) is 1. The second-order valence-electron chi connectivity index (χ2n) is 8.24. The van der Waals surface area contributed by atoms with E-state index in [1.165, 1.54) is 21.9 Å². The normalized spacial score (nSPS) is 22.9. The summed E-state index contributed by atoms with van der Waals surface area (Å²) in [6.45, 7) is 0.915. The number of hydroxylamine groups is 1. The molecule has 1 aromatic rings. The molecule has 2 aliphatic rings. The van der Waals surface area contributed by atoms with Gasteiger partial charge in [-0.1, -0.05) is 6.07 Å². The van der Waals surface area contributed by atoms with E-state index in [1.54, 1.807) is 6.07 Å². The Morgan fingerprint density at radius 3 is 2.48 bits per heavy atom. The van der Waals surface area contributed by atoms with E-state index >= 15 is 0 Å². The maximum absolute atomic E-state index is 14.4. The third-order valence-corrected chi connectivity index (χ3v) is 8.24. The van der Waals surface area contributed by atoms with Gasteiger partial charge in [-0.15, -0.1) is 0 Å². The zero-order chi connectivity index (χ0) is 24.2. The zero-order valence-corrected chi connectivity index (χ0v) is 18.7. The number of carbonyl (C=O) groups is 1. The summed E-state index contributed by atoms with van der Waals surface area (Å²) in [5.74, 6) is -2.04. The van der Waals surface area contributed by atoms with Crippen LogP contribution in [0.5, 0.6) is 0 Å². The summed E-state index contributed by atoms with van der Waals surface area (Å²) in [6.07, 6.45) is -5.41. The number of alkyl halides is 3. The number of piperazine rings is 1. The topological polar surface area (TPSA) is 99.2 Å². The monoisotopic (exact) mass is 497 g/mol. The SMILES string of the molecule is O=C(NO)C1COCC(S(=O)(=O)N2CCN(c3ccc(CCCC(F)(F)F)c(F)c3)CC2)C1. The summed E-state index contributed by atoms with van der Waals surface area (Å²) in [5.41, 5.74) is 2.27. The van der Waals surface area contributed by atoms with Gasteiger partial charge in [0.15, 0.2) is 0 Å². The van der Waals surface area contributed by atoms with E-state index in [0.717, 1.165) is 0 Å². The molecule has 2 heterocycles. The molecule has 2 fully saturated rings. The standard InChI is InChI=1S/C20H27F4N3O5S/c21-18-11-16(4-3-14(18)2-1-5-20(22,23)24)26-6-8-27(9-7-26)33(30,31)17-10-15(12-32-13-17)19(28)25-29/h3-4,11,15,17,29H,1-2,5-10,12-13H2,(H,25,28). The van der Waals surface area contributed by atoms with Gasteiger partial charge in [0.2, 0.25) is 15.9 Å². The lowest BCUT2D eigenvalue weighted by molar-refractivity contribution is -0.137. The van der Waals surface area contributed by atoms with E-state index in [-0.39, 0.29) is 51.1 Å². The molecular weight excluding hydrogens is 470 g/mol. The van der Waals surface area contributed by atoms with E-state index in [2.05, 4.69) is 0 Å². The number of aryl methyl sites for hydroxylation is 1. The molecule has 0 aromatic heterocycles. The average molecular weight is 498 g/mol. The first-order valence-corrected chi connectivity index (χ1v) is 12.1. The van der Waals surface area contributed by atoms with E-state index in [4.69, 9.17) is 9.94 Å². The molecule has 1 aromatic carbocycles. The Balaban J connectivity index is 1.57. The van der Waals surface area contributed by atoms with Crippen LogP contribution in [0.3, 0.4) is 0 Å². The largest absolute Gasteiger partial charge is 0.389 e. The number of amides is 1. The van der Waals surface area contributed by atoms with Crippen LogP contribution >= 0.6 is 0 Å². The number of halogens is 4. The third-order valence-electron chi connectivity index (χ3n) is 5.98. The molecule has 0 saturated carbocycles. The maximum Gasteiger partial charge on any atom is 0.389 e. The van der Waals surface area contributed by atoms with Gasteiger partial charge in [-0.25, -0.2) is 18.3 Å². The minimum absolute atomic E-state index is 0.0175. The summed E-state index contributed by atoms with van der Waals surface area (Å²) in [4.78, 5) is 13.4. The lowest BCUT2D eigenvalue weighted by atomic mass is 10.0. The molecule has 2 N–H and O–H groups in total. The minimum atomic E-state index is -4.27. The Morgan fingerprint density at radius 1 is 1.18 bits per heavy atom. The quantitative estimate of drug-likeness (QED) is 0.340. The van der Waals surface area contributed by atoms with Crippen LogP contribution in [0.1, 0.15) is 24.8 Å². The van der Waals surface area contributed by atoms with E-state index in [1.807, 2.05) is 4.90 Å². The predicted octanol–water partition coefficient (Wildman–Crippen LogP) is 2.07. The Kier molecular flexibility index (Phi) is 8.19. The molecule has 0 bridgehead atoms. The zero-order valence-electron chi connectivity index (χ0n) is 17.9. The van der Waals surface area contributed by atoms with Crippen molar-refractivity contribution in [2.24, 2.45) is 5.92 Å². The third kappa shape index (κ3) is 6.55. The molecule has 2 unspecified atom stereocenters. The molecule has 0 spiro atoms. The molecule has 2 atom stereocenters. The Labute approximate surface area is 189 Å². The van der Waals surface area contributed by atoms with Crippen molar-refractivity contribution >= 4 is 21.6 Å². The fourth-order valence-electron chi connectivity index (χ4n) is 4.10. The Bertz CT molecular complexity index is 936.